The van der Waals surface area contributed by atoms with Gasteiger partial charge in [-0.25, -0.2) is 4.98 Å². The molecule has 2 N–H and O–H groups in total. The monoisotopic (exact) mass is 388 g/mol. The SMILES string of the molecule is O=C(NCc1ccccc1)c1nc(C(=O)NCc2ccccc2)n2c1CCCC2. The van der Waals surface area contributed by atoms with Gasteiger partial charge < -0.3 is 15.2 Å². The van der Waals surface area contributed by atoms with E-state index in [-0.39, 0.29) is 11.8 Å². The van der Waals surface area contributed by atoms with Gasteiger partial charge in [0.1, 0.15) is 5.69 Å². The van der Waals surface area contributed by atoms with Gasteiger partial charge in [-0.15, -0.1) is 0 Å². The third-order valence-electron chi connectivity index (χ3n) is 5.13. The summed E-state index contributed by atoms with van der Waals surface area (Å²) in [6, 6.07) is 19.5. The highest BCUT2D eigenvalue weighted by atomic mass is 16.2. The van der Waals surface area contributed by atoms with Gasteiger partial charge in [-0.3, -0.25) is 9.59 Å². The summed E-state index contributed by atoms with van der Waals surface area (Å²) in [4.78, 5) is 30.0. The standard InChI is InChI=1S/C23H24N4O2/c28-22(24-15-17-9-3-1-4-10-17)20-19-13-7-8-14-27(19)21(26-20)23(29)25-16-18-11-5-2-6-12-18/h1-6,9-12H,7-8,13-16H2,(H,24,28)(H,25,29). The molecule has 6 nitrogen and oxygen atoms in total. The summed E-state index contributed by atoms with van der Waals surface area (Å²) in [5.41, 5.74) is 3.26. The van der Waals surface area contributed by atoms with Crippen LogP contribution in [0.3, 0.4) is 0 Å². The first-order valence-corrected chi connectivity index (χ1v) is 9.96. The average Bonchev–Trinajstić information content (AvgIpc) is 3.17. The van der Waals surface area contributed by atoms with E-state index in [0.29, 0.717) is 31.2 Å². The van der Waals surface area contributed by atoms with Crippen LogP contribution in [-0.4, -0.2) is 21.4 Å². The minimum absolute atomic E-state index is 0.235. The summed E-state index contributed by atoms with van der Waals surface area (Å²) in [5.74, 6) is -0.166. The van der Waals surface area contributed by atoms with Crippen molar-refractivity contribution >= 4 is 11.8 Å². The molecular weight excluding hydrogens is 364 g/mol. The second-order valence-corrected chi connectivity index (χ2v) is 7.18. The van der Waals surface area contributed by atoms with Crippen molar-refractivity contribution in [3.63, 3.8) is 0 Å². The number of nitrogens with zero attached hydrogens (tertiary/aromatic N) is 2. The van der Waals surface area contributed by atoms with Gasteiger partial charge in [0.2, 0.25) is 0 Å². The van der Waals surface area contributed by atoms with Crippen LogP contribution in [-0.2, 0) is 26.1 Å². The summed E-state index contributed by atoms with van der Waals surface area (Å²) < 4.78 is 1.90. The first-order valence-electron chi connectivity index (χ1n) is 9.96. The number of rotatable bonds is 6. The molecule has 1 aliphatic rings. The molecule has 0 atom stereocenters. The lowest BCUT2D eigenvalue weighted by atomic mass is 10.1. The lowest BCUT2D eigenvalue weighted by Gasteiger charge is -2.17. The highest BCUT2D eigenvalue weighted by Gasteiger charge is 2.27. The summed E-state index contributed by atoms with van der Waals surface area (Å²) >= 11 is 0. The summed E-state index contributed by atoms with van der Waals surface area (Å²) in [6.07, 6.45) is 2.73. The number of imidazole rings is 1. The molecule has 0 spiro atoms. The number of carbonyl (C=O) groups excluding carboxylic acids is 2. The Hall–Kier alpha value is -3.41. The van der Waals surface area contributed by atoms with E-state index in [1.165, 1.54) is 0 Å². The van der Waals surface area contributed by atoms with Crippen molar-refractivity contribution in [1.29, 1.82) is 0 Å². The third kappa shape index (κ3) is 4.37. The minimum atomic E-state index is -0.251. The fourth-order valence-electron chi connectivity index (χ4n) is 3.62. The van der Waals surface area contributed by atoms with E-state index in [2.05, 4.69) is 15.6 Å². The van der Waals surface area contributed by atoms with Crippen LogP contribution in [0.5, 0.6) is 0 Å². The second-order valence-electron chi connectivity index (χ2n) is 7.18. The number of hydrogen-bond acceptors (Lipinski definition) is 3. The fourth-order valence-corrected chi connectivity index (χ4v) is 3.62. The molecule has 0 saturated heterocycles. The van der Waals surface area contributed by atoms with Crippen molar-refractivity contribution in [1.82, 2.24) is 20.2 Å². The van der Waals surface area contributed by atoms with Crippen LogP contribution in [0.1, 0.15) is 50.8 Å². The molecule has 0 fully saturated rings. The largest absolute Gasteiger partial charge is 0.347 e. The van der Waals surface area contributed by atoms with Gasteiger partial charge in [0.05, 0.1) is 5.69 Å². The quantitative estimate of drug-likeness (QED) is 0.681. The Morgan fingerprint density at radius 1 is 0.828 bits per heavy atom. The molecule has 0 aliphatic carbocycles. The first-order chi connectivity index (χ1) is 14.2. The number of hydrogen-bond donors (Lipinski definition) is 2. The maximum Gasteiger partial charge on any atom is 0.287 e. The van der Waals surface area contributed by atoms with E-state index in [1.807, 2.05) is 65.2 Å². The number of amides is 2. The molecule has 3 aromatic rings. The van der Waals surface area contributed by atoms with Gasteiger partial charge in [-0.1, -0.05) is 60.7 Å². The Labute approximate surface area is 170 Å². The predicted molar refractivity (Wildman–Crippen MR) is 110 cm³/mol. The summed E-state index contributed by atoms with van der Waals surface area (Å²) in [7, 11) is 0. The predicted octanol–water partition coefficient (Wildman–Crippen LogP) is 3.08. The van der Waals surface area contributed by atoms with E-state index >= 15 is 0 Å². The lowest BCUT2D eigenvalue weighted by Crippen LogP contribution is -2.27. The highest BCUT2D eigenvalue weighted by molar-refractivity contribution is 5.97. The first kappa shape index (κ1) is 18.9. The van der Waals surface area contributed by atoms with Gasteiger partial charge in [-0.2, -0.15) is 0 Å². The summed E-state index contributed by atoms with van der Waals surface area (Å²) in [5, 5.41) is 5.85. The van der Waals surface area contributed by atoms with E-state index in [4.69, 9.17) is 0 Å². The van der Waals surface area contributed by atoms with Crippen molar-refractivity contribution < 1.29 is 9.59 Å². The molecule has 6 heteroatoms. The van der Waals surface area contributed by atoms with E-state index in [0.717, 1.165) is 36.1 Å². The van der Waals surface area contributed by atoms with Crippen molar-refractivity contribution in [2.75, 3.05) is 0 Å². The van der Waals surface area contributed by atoms with Crippen LogP contribution < -0.4 is 10.6 Å². The number of benzene rings is 2. The number of fused-ring (bicyclic) bond motifs is 1. The Balaban J connectivity index is 1.50. The van der Waals surface area contributed by atoms with E-state index < -0.39 is 0 Å². The molecule has 2 aromatic carbocycles. The van der Waals surface area contributed by atoms with Crippen molar-refractivity contribution in [3.05, 3.63) is 89.0 Å². The zero-order chi connectivity index (χ0) is 20.1. The maximum atomic E-state index is 12.8. The topological polar surface area (TPSA) is 76.0 Å². The number of carbonyl (C=O) groups is 2. The summed E-state index contributed by atoms with van der Waals surface area (Å²) in [6.45, 7) is 1.57. The molecule has 2 heterocycles. The molecule has 4 rings (SSSR count). The minimum Gasteiger partial charge on any atom is -0.347 e. The van der Waals surface area contributed by atoms with Gasteiger partial charge in [0.15, 0.2) is 5.82 Å². The van der Waals surface area contributed by atoms with Gasteiger partial charge in [-0.05, 0) is 30.4 Å². The Bertz CT molecular complexity index is 916. The van der Waals surface area contributed by atoms with Crippen molar-refractivity contribution in [3.8, 4) is 0 Å². The Morgan fingerprint density at radius 3 is 2.03 bits per heavy atom. The molecule has 1 aliphatic heterocycles. The molecule has 2 amide bonds. The van der Waals surface area contributed by atoms with Crippen LogP contribution in [0.2, 0.25) is 0 Å². The molecule has 0 bridgehead atoms. The van der Waals surface area contributed by atoms with Gasteiger partial charge >= 0.3 is 0 Å². The molecule has 0 radical (unpaired) electrons. The Morgan fingerprint density at radius 2 is 1.41 bits per heavy atom. The van der Waals surface area contributed by atoms with Crippen LogP contribution in [0, 0.1) is 0 Å². The molecule has 148 valence electrons. The molecule has 0 unspecified atom stereocenters. The fraction of sp³-hybridized carbons (Fsp3) is 0.261. The van der Waals surface area contributed by atoms with Crippen molar-refractivity contribution in [2.24, 2.45) is 0 Å². The zero-order valence-corrected chi connectivity index (χ0v) is 16.2. The molecule has 1 aromatic heterocycles. The van der Waals surface area contributed by atoms with E-state index in [9.17, 15) is 9.59 Å². The maximum absolute atomic E-state index is 12.8. The van der Waals surface area contributed by atoms with Crippen LogP contribution in [0.25, 0.3) is 0 Å². The average molecular weight is 388 g/mol. The zero-order valence-electron chi connectivity index (χ0n) is 16.2. The van der Waals surface area contributed by atoms with E-state index in [1.54, 1.807) is 0 Å². The van der Waals surface area contributed by atoms with Gasteiger partial charge in [0.25, 0.3) is 11.8 Å². The molecular formula is C23H24N4O2. The van der Waals surface area contributed by atoms with Crippen LogP contribution >= 0.6 is 0 Å². The molecule has 29 heavy (non-hydrogen) atoms. The van der Waals surface area contributed by atoms with Crippen LogP contribution in [0.15, 0.2) is 60.7 Å². The number of nitrogens with one attached hydrogen (secondary N) is 2. The van der Waals surface area contributed by atoms with Crippen LogP contribution in [0.4, 0.5) is 0 Å². The smallest absolute Gasteiger partial charge is 0.287 e. The molecule has 0 saturated carbocycles. The van der Waals surface area contributed by atoms with Crippen molar-refractivity contribution in [2.45, 2.75) is 38.9 Å². The third-order valence-corrected chi connectivity index (χ3v) is 5.13. The Kier molecular flexibility index (Phi) is 5.70. The highest BCUT2D eigenvalue weighted by Crippen LogP contribution is 2.21. The second kappa shape index (κ2) is 8.73. The normalized spacial score (nSPS) is 12.8. The lowest BCUT2D eigenvalue weighted by molar-refractivity contribution is 0.0935. The number of aromatic nitrogens is 2. The van der Waals surface area contributed by atoms with Gasteiger partial charge in [0, 0.05) is 19.6 Å².